The van der Waals surface area contributed by atoms with Gasteiger partial charge in [-0.15, -0.1) is 0 Å². The summed E-state index contributed by atoms with van der Waals surface area (Å²) in [5.74, 6) is 0.354. The van der Waals surface area contributed by atoms with E-state index in [9.17, 15) is 13.2 Å². The third-order valence-corrected chi connectivity index (χ3v) is 8.18. The Labute approximate surface area is 201 Å². The number of carbonyl (C=O) groups is 1. The number of hydrogen-bond acceptors (Lipinski definition) is 4. The minimum Gasteiger partial charge on any atom is -0.496 e. The van der Waals surface area contributed by atoms with Gasteiger partial charge in [-0.2, -0.15) is 0 Å². The third-order valence-electron chi connectivity index (χ3n) is 6.64. The van der Waals surface area contributed by atoms with Gasteiger partial charge < -0.3 is 10.1 Å². The van der Waals surface area contributed by atoms with Crippen LogP contribution in [0.25, 0.3) is 0 Å². The predicted octanol–water partition coefficient (Wildman–Crippen LogP) is 4.28. The molecule has 0 bridgehead atoms. The van der Waals surface area contributed by atoms with Crippen LogP contribution in [-0.2, 0) is 15.4 Å². The van der Waals surface area contributed by atoms with Crippen LogP contribution >= 0.6 is 0 Å². The van der Waals surface area contributed by atoms with Crippen molar-refractivity contribution in [3.8, 4) is 5.75 Å². The molecule has 0 unspecified atom stereocenters. The van der Waals surface area contributed by atoms with E-state index >= 15 is 0 Å². The first-order chi connectivity index (χ1) is 16.4. The zero-order valence-corrected chi connectivity index (χ0v) is 20.1. The van der Waals surface area contributed by atoms with Gasteiger partial charge in [-0.25, -0.2) is 13.1 Å². The van der Waals surface area contributed by atoms with E-state index in [2.05, 4.69) is 22.2 Å². The van der Waals surface area contributed by atoms with Gasteiger partial charge in [0.1, 0.15) is 5.75 Å². The number of sulfonamides is 1. The van der Waals surface area contributed by atoms with E-state index < -0.39 is 10.0 Å². The molecule has 3 aromatic carbocycles. The van der Waals surface area contributed by atoms with E-state index in [-0.39, 0.29) is 22.3 Å². The van der Waals surface area contributed by atoms with Crippen molar-refractivity contribution in [2.24, 2.45) is 0 Å². The van der Waals surface area contributed by atoms with Gasteiger partial charge in [0.2, 0.25) is 10.0 Å². The first-order valence-corrected chi connectivity index (χ1v) is 13.0. The molecule has 0 heterocycles. The van der Waals surface area contributed by atoms with Crippen LogP contribution in [0.15, 0.2) is 89.8 Å². The van der Waals surface area contributed by atoms with Gasteiger partial charge in [0.25, 0.3) is 5.91 Å². The lowest BCUT2D eigenvalue weighted by Crippen LogP contribution is -2.47. The van der Waals surface area contributed by atoms with Crippen LogP contribution in [0.4, 0.5) is 0 Å². The lowest BCUT2D eigenvalue weighted by Gasteiger charge is -2.41. The van der Waals surface area contributed by atoms with Crippen molar-refractivity contribution in [2.45, 2.75) is 42.0 Å². The van der Waals surface area contributed by atoms with Crippen molar-refractivity contribution in [3.05, 3.63) is 96.1 Å². The summed E-state index contributed by atoms with van der Waals surface area (Å²) >= 11 is 0. The molecule has 178 valence electrons. The van der Waals surface area contributed by atoms with Gasteiger partial charge in [-0.1, -0.05) is 60.7 Å². The number of amides is 1. The van der Waals surface area contributed by atoms with Crippen LogP contribution in [0.2, 0.25) is 0 Å². The second-order valence-corrected chi connectivity index (χ2v) is 10.5. The van der Waals surface area contributed by atoms with Crippen LogP contribution in [0.3, 0.4) is 0 Å². The van der Waals surface area contributed by atoms with Gasteiger partial charge in [0.05, 0.1) is 17.6 Å². The molecule has 1 aliphatic carbocycles. The van der Waals surface area contributed by atoms with Gasteiger partial charge >= 0.3 is 0 Å². The third kappa shape index (κ3) is 5.32. The molecule has 7 heteroatoms. The van der Waals surface area contributed by atoms with Gasteiger partial charge in [0, 0.05) is 18.0 Å². The van der Waals surface area contributed by atoms with Crippen LogP contribution < -0.4 is 14.8 Å². The summed E-state index contributed by atoms with van der Waals surface area (Å²) in [7, 11) is -2.01. The summed E-state index contributed by atoms with van der Waals surface area (Å²) in [4.78, 5) is 13.2. The Bertz CT molecular complexity index is 1210. The number of rotatable bonds is 8. The fourth-order valence-electron chi connectivity index (χ4n) is 4.71. The zero-order valence-electron chi connectivity index (χ0n) is 19.2. The van der Waals surface area contributed by atoms with Gasteiger partial charge in [0.15, 0.2) is 0 Å². The second-order valence-electron chi connectivity index (χ2n) is 8.74. The molecule has 34 heavy (non-hydrogen) atoms. The minimum atomic E-state index is -3.56. The fraction of sp³-hybridized carbons (Fsp3) is 0.296. The highest BCUT2D eigenvalue weighted by atomic mass is 32.2. The first kappa shape index (κ1) is 24.0. The van der Waals surface area contributed by atoms with E-state index in [1.807, 2.05) is 30.3 Å². The van der Waals surface area contributed by atoms with Crippen molar-refractivity contribution >= 4 is 15.9 Å². The second kappa shape index (κ2) is 10.4. The monoisotopic (exact) mass is 478 g/mol. The highest BCUT2D eigenvalue weighted by Crippen LogP contribution is 2.39. The lowest BCUT2D eigenvalue weighted by atomic mass is 9.68. The maximum atomic E-state index is 13.0. The number of hydrogen-bond donors (Lipinski definition) is 2. The molecular weight excluding hydrogens is 448 g/mol. The highest BCUT2D eigenvalue weighted by Gasteiger charge is 2.38. The van der Waals surface area contributed by atoms with E-state index in [1.54, 1.807) is 49.6 Å². The van der Waals surface area contributed by atoms with Crippen molar-refractivity contribution in [1.82, 2.24) is 10.0 Å². The van der Waals surface area contributed by atoms with Crippen molar-refractivity contribution in [1.29, 1.82) is 0 Å². The number of carbonyl (C=O) groups excluding carboxylic acids is 1. The molecule has 0 radical (unpaired) electrons. The molecule has 3 aromatic rings. The molecule has 0 atom stereocenters. The molecule has 0 aromatic heterocycles. The Morgan fingerprint density at radius 3 is 2.15 bits per heavy atom. The Hall–Kier alpha value is -3.16. The molecule has 0 aliphatic heterocycles. The number of benzene rings is 3. The zero-order chi connectivity index (χ0) is 24.0. The van der Waals surface area contributed by atoms with E-state index in [0.29, 0.717) is 30.7 Å². The number of nitrogens with one attached hydrogen (secondary N) is 2. The van der Waals surface area contributed by atoms with E-state index in [1.165, 1.54) is 0 Å². The summed E-state index contributed by atoms with van der Waals surface area (Å²) in [6, 6.07) is 25.6. The van der Waals surface area contributed by atoms with E-state index in [4.69, 9.17) is 4.74 Å². The molecular formula is C27H30N2O4S. The molecule has 1 fully saturated rings. The Balaban J connectivity index is 1.48. The predicted molar refractivity (Wildman–Crippen MR) is 132 cm³/mol. The smallest absolute Gasteiger partial charge is 0.255 e. The Kier molecular flexibility index (Phi) is 7.34. The van der Waals surface area contributed by atoms with Crippen LogP contribution in [0.5, 0.6) is 5.75 Å². The van der Waals surface area contributed by atoms with Crippen LogP contribution in [0.1, 0.15) is 41.6 Å². The molecule has 1 saturated carbocycles. The van der Waals surface area contributed by atoms with Crippen molar-refractivity contribution in [2.75, 3.05) is 13.7 Å². The maximum absolute atomic E-state index is 13.0. The van der Waals surface area contributed by atoms with Crippen molar-refractivity contribution < 1.29 is 17.9 Å². The highest BCUT2D eigenvalue weighted by molar-refractivity contribution is 7.89. The van der Waals surface area contributed by atoms with Crippen molar-refractivity contribution in [3.63, 3.8) is 0 Å². The minimum absolute atomic E-state index is 0.146. The standard InChI is InChI=1S/C27H30N2O4S/c1-33-25-15-9-8-14-24(25)26(30)28-20-27(21-10-4-2-5-11-21)18-16-22(17-19-27)29-34(31,32)23-12-6-3-7-13-23/h2-15,22,29H,16-20H2,1H3,(H,28,30). The summed E-state index contributed by atoms with van der Waals surface area (Å²) in [6.45, 7) is 0.464. The summed E-state index contributed by atoms with van der Waals surface area (Å²) < 4.78 is 33.8. The molecule has 0 spiro atoms. The van der Waals surface area contributed by atoms with Gasteiger partial charge in [-0.05, 0) is 55.5 Å². The number of methoxy groups -OCH3 is 1. The summed E-state index contributed by atoms with van der Waals surface area (Å²) in [6.07, 6.45) is 2.88. The Morgan fingerprint density at radius 2 is 1.50 bits per heavy atom. The molecule has 1 aliphatic rings. The number of para-hydroxylation sites is 1. The summed E-state index contributed by atoms with van der Waals surface area (Å²) in [5.41, 5.74) is 1.38. The molecule has 0 saturated heterocycles. The first-order valence-electron chi connectivity index (χ1n) is 11.5. The number of ether oxygens (including phenoxy) is 1. The molecule has 1 amide bonds. The fourth-order valence-corrected chi connectivity index (χ4v) is 6.04. The largest absolute Gasteiger partial charge is 0.496 e. The van der Waals surface area contributed by atoms with Gasteiger partial charge in [-0.3, -0.25) is 4.79 Å². The Morgan fingerprint density at radius 1 is 0.912 bits per heavy atom. The lowest BCUT2D eigenvalue weighted by molar-refractivity contribution is 0.0932. The average molecular weight is 479 g/mol. The SMILES string of the molecule is COc1ccccc1C(=O)NCC1(c2ccccc2)CCC(NS(=O)(=O)c2ccccc2)CC1. The summed E-state index contributed by atoms with van der Waals surface area (Å²) in [5, 5.41) is 3.11. The molecule has 6 nitrogen and oxygen atoms in total. The van der Waals surface area contributed by atoms with Crippen LogP contribution in [-0.4, -0.2) is 34.0 Å². The molecule has 2 N–H and O–H groups in total. The maximum Gasteiger partial charge on any atom is 0.255 e. The van der Waals surface area contributed by atoms with E-state index in [0.717, 1.165) is 18.4 Å². The van der Waals surface area contributed by atoms with Crippen LogP contribution in [0, 0.1) is 0 Å². The topological polar surface area (TPSA) is 84.5 Å². The molecule has 4 rings (SSSR count). The average Bonchev–Trinajstić information content (AvgIpc) is 2.89. The normalized spacial score (nSPS) is 20.4. The quantitative estimate of drug-likeness (QED) is 0.506.